The van der Waals surface area contributed by atoms with Crippen LogP contribution in [0.5, 0.6) is 0 Å². The van der Waals surface area contributed by atoms with Gasteiger partial charge in [0.25, 0.3) is 10.0 Å². The van der Waals surface area contributed by atoms with Crippen LogP contribution in [0.2, 0.25) is 0 Å². The Kier molecular flexibility index (Phi) is 3.91. The molecule has 1 aromatic carbocycles. The summed E-state index contributed by atoms with van der Waals surface area (Å²) in [6, 6.07) is 8.31. The molecule has 0 saturated carbocycles. The van der Waals surface area contributed by atoms with Crippen molar-refractivity contribution in [2.75, 3.05) is 10.1 Å². The van der Waals surface area contributed by atoms with Crippen molar-refractivity contribution in [2.45, 2.75) is 18.7 Å². The second-order valence-electron chi connectivity index (χ2n) is 4.43. The third-order valence-corrected chi connectivity index (χ3v) is 4.32. The van der Waals surface area contributed by atoms with Gasteiger partial charge in [-0.25, -0.2) is 19.2 Å². The van der Waals surface area contributed by atoms with Crippen molar-refractivity contribution in [3.63, 3.8) is 0 Å². The lowest BCUT2D eigenvalue weighted by Crippen LogP contribution is -2.14. The number of hydrazine groups is 1. The number of pyridine rings is 1. The number of anilines is 2. The molecule has 0 aliphatic carbocycles. The van der Waals surface area contributed by atoms with E-state index in [1.54, 1.807) is 12.1 Å². The zero-order valence-electron chi connectivity index (χ0n) is 11.2. The molecule has 1 aromatic heterocycles. The van der Waals surface area contributed by atoms with Gasteiger partial charge in [-0.1, -0.05) is 6.07 Å². The molecule has 4 N–H and O–H groups in total. The van der Waals surface area contributed by atoms with Gasteiger partial charge in [-0.15, -0.1) is 0 Å². The van der Waals surface area contributed by atoms with E-state index in [4.69, 9.17) is 5.84 Å². The lowest BCUT2D eigenvalue weighted by atomic mass is 10.1. The average Bonchev–Trinajstić information content (AvgIpc) is 2.43. The molecule has 0 saturated heterocycles. The second-order valence-corrected chi connectivity index (χ2v) is 6.11. The maximum absolute atomic E-state index is 12.2. The molecule has 6 nitrogen and oxygen atoms in total. The van der Waals surface area contributed by atoms with E-state index in [1.807, 2.05) is 19.9 Å². The van der Waals surface area contributed by atoms with Crippen molar-refractivity contribution in [3.05, 3.63) is 47.7 Å². The Morgan fingerprint density at radius 2 is 1.85 bits per heavy atom. The number of nitrogens with zero attached hydrogens (tertiary/aromatic N) is 1. The molecule has 106 valence electrons. The minimum Gasteiger partial charge on any atom is -0.308 e. The molecule has 0 fully saturated rings. The summed E-state index contributed by atoms with van der Waals surface area (Å²) in [5.41, 5.74) is 4.99. The van der Waals surface area contributed by atoms with Crippen LogP contribution in [0.15, 0.2) is 41.4 Å². The van der Waals surface area contributed by atoms with Gasteiger partial charge in [0.15, 0.2) is 0 Å². The van der Waals surface area contributed by atoms with E-state index in [9.17, 15) is 8.42 Å². The summed E-state index contributed by atoms with van der Waals surface area (Å²) in [6.45, 7) is 3.90. The second kappa shape index (κ2) is 5.48. The number of nitrogen functional groups attached to an aromatic ring is 1. The molecular weight excluding hydrogens is 276 g/mol. The number of aromatic nitrogens is 1. The van der Waals surface area contributed by atoms with E-state index in [0.29, 0.717) is 11.5 Å². The molecule has 0 bridgehead atoms. The predicted molar refractivity (Wildman–Crippen MR) is 78.8 cm³/mol. The van der Waals surface area contributed by atoms with E-state index in [-0.39, 0.29) is 4.90 Å². The molecule has 0 spiro atoms. The van der Waals surface area contributed by atoms with Gasteiger partial charge in [0.05, 0.1) is 0 Å². The number of hydrogen-bond donors (Lipinski definition) is 3. The first-order valence-electron chi connectivity index (χ1n) is 5.95. The summed E-state index contributed by atoms with van der Waals surface area (Å²) in [6.07, 6.45) is 1.25. The van der Waals surface area contributed by atoms with Gasteiger partial charge < -0.3 is 5.43 Å². The van der Waals surface area contributed by atoms with E-state index >= 15 is 0 Å². The van der Waals surface area contributed by atoms with Gasteiger partial charge in [0.1, 0.15) is 10.7 Å². The highest BCUT2D eigenvalue weighted by Crippen LogP contribution is 2.19. The van der Waals surface area contributed by atoms with Crippen LogP contribution in [0.1, 0.15) is 11.1 Å². The SMILES string of the molecule is Cc1ccc(NS(=O)(=O)c2ccc(NN)nc2)cc1C. The Morgan fingerprint density at radius 1 is 1.10 bits per heavy atom. The minimum atomic E-state index is -3.65. The molecule has 7 heteroatoms. The Bertz CT molecular complexity index is 712. The van der Waals surface area contributed by atoms with Crippen LogP contribution in [-0.4, -0.2) is 13.4 Å². The molecular formula is C13H16N4O2S. The molecule has 2 aromatic rings. The van der Waals surface area contributed by atoms with Crippen molar-refractivity contribution < 1.29 is 8.42 Å². The van der Waals surface area contributed by atoms with E-state index in [0.717, 1.165) is 11.1 Å². The number of hydrogen-bond acceptors (Lipinski definition) is 5. The molecule has 0 amide bonds. The predicted octanol–water partition coefficient (Wildman–Crippen LogP) is 1.78. The third kappa shape index (κ3) is 3.06. The Hall–Kier alpha value is -2.12. The summed E-state index contributed by atoms with van der Waals surface area (Å²) in [5.74, 6) is 5.58. The van der Waals surface area contributed by atoms with E-state index < -0.39 is 10.0 Å². The fraction of sp³-hybridized carbons (Fsp3) is 0.154. The molecule has 0 radical (unpaired) electrons. The molecule has 0 aliphatic heterocycles. The van der Waals surface area contributed by atoms with Crippen LogP contribution >= 0.6 is 0 Å². The van der Waals surface area contributed by atoms with Gasteiger partial charge in [0, 0.05) is 11.9 Å². The molecule has 0 aliphatic rings. The number of nitrogens with two attached hydrogens (primary N) is 1. The van der Waals surface area contributed by atoms with Crippen molar-refractivity contribution >= 4 is 21.5 Å². The van der Waals surface area contributed by atoms with Crippen LogP contribution in [0.3, 0.4) is 0 Å². The maximum atomic E-state index is 12.2. The number of rotatable bonds is 4. The molecule has 0 atom stereocenters. The fourth-order valence-electron chi connectivity index (χ4n) is 1.64. The van der Waals surface area contributed by atoms with Crippen molar-refractivity contribution in [1.29, 1.82) is 0 Å². The van der Waals surface area contributed by atoms with Crippen molar-refractivity contribution in [1.82, 2.24) is 4.98 Å². The first kappa shape index (κ1) is 14.3. The van der Waals surface area contributed by atoms with Crippen LogP contribution in [-0.2, 0) is 10.0 Å². The van der Waals surface area contributed by atoms with Crippen LogP contribution < -0.4 is 16.0 Å². The van der Waals surface area contributed by atoms with Crippen LogP contribution in [0.4, 0.5) is 11.5 Å². The quantitative estimate of drug-likeness (QED) is 0.589. The molecule has 0 unspecified atom stereocenters. The van der Waals surface area contributed by atoms with Crippen LogP contribution in [0, 0.1) is 13.8 Å². The summed E-state index contributed by atoms with van der Waals surface area (Å²) >= 11 is 0. The lowest BCUT2D eigenvalue weighted by molar-refractivity contribution is 0.601. The standard InChI is InChI=1S/C13H16N4O2S/c1-9-3-4-11(7-10(9)2)17-20(18,19)12-5-6-13(16-14)15-8-12/h3-8,17H,14H2,1-2H3,(H,15,16). The van der Waals surface area contributed by atoms with Gasteiger partial charge >= 0.3 is 0 Å². The highest BCUT2D eigenvalue weighted by Gasteiger charge is 2.14. The number of nitrogens with one attached hydrogen (secondary N) is 2. The fourth-order valence-corrected chi connectivity index (χ4v) is 2.64. The first-order chi connectivity index (χ1) is 9.42. The number of benzene rings is 1. The van der Waals surface area contributed by atoms with Gasteiger partial charge in [0.2, 0.25) is 0 Å². The topological polar surface area (TPSA) is 97.1 Å². The van der Waals surface area contributed by atoms with Crippen molar-refractivity contribution in [3.8, 4) is 0 Å². The Labute approximate surface area is 118 Å². The third-order valence-electron chi connectivity index (χ3n) is 2.95. The molecule has 1 heterocycles. The van der Waals surface area contributed by atoms with Gasteiger partial charge in [-0.3, -0.25) is 4.72 Å². The Balaban J connectivity index is 2.27. The highest BCUT2D eigenvalue weighted by atomic mass is 32.2. The smallest absolute Gasteiger partial charge is 0.263 e. The summed E-state index contributed by atoms with van der Waals surface area (Å²) < 4.78 is 26.9. The molecule has 20 heavy (non-hydrogen) atoms. The van der Waals surface area contributed by atoms with E-state index in [2.05, 4.69) is 15.1 Å². The lowest BCUT2D eigenvalue weighted by Gasteiger charge is -2.10. The number of aryl methyl sites for hydroxylation is 2. The van der Waals surface area contributed by atoms with Gasteiger partial charge in [-0.2, -0.15) is 0 Å². The van der Waals surface area contributed by atoms with E-state index in [1.165, 1.54) is 18.3 Å². The summed E-state index contributed by atoms with van der Waals surface area (Å²) in [5, 5.41) is 0. The summed E-state index contributed by atoms with van der Waals surface area (Å²) in [7, 11) is -3.65. The summed E-state index contributed by atoms with van der Waals surface area (Å²) in [4.78, 5) is 3.96. The highest BCUT2D eigenvalue weighted by molar-refractivity contribution is 7.92. The maximum Gasteiger partial charge on any atom is 0.263 e. The monoisotopic (exact) mass is 292 g/mol. The largest absolute Gasteiger partial charge is 0.308 e. The van der Waals surface area contributed by atoms with Crippen LogP contribution in [0.25, 0.3) is 0 Å². The Morgan fingerprint density at radius 3 is 2.40 bits per heavy atom. The number of sulfonamides is 1. The van der Waals surface area contributed by atoms with Gasteiger partial charge in [-0.05, 0) is 49.2 Å². The zero-order valence-corrected chi connectivity index (χ0v) is 12.0. The van der Waals surface area contributed by atoms with Crippen molar-refractivity contribution in [2.24, 2.45) is 5.84 Å². The minimum absolute atomic E-state index is 0.0785. The zero-order chi connectivity index (χ0) is 14.8. The average molecular weight is 292 g/mol. The molecule has 2 rings (SSSR count). The normalized spacial score (nSPS) is 11.2. The first-order valence-corrected chi connectivity index (χ1v) is 7.43.